The van der Waals surface area contributed by atoms with Crippen molar-refractivity contribution in [1.29, 1.82) is 0 Å². The van der Waals surface area contributed by atoms with Gasteiger partial charge in [0, 0.05) is 10.2 Å². The number of phenolic OH excluding ortho intramolecular Hbond substituents is 1. The molecule has 3 heteroatoms. The lowest BCUT2D eigenvalue weighted by molar-refractivity contribution is 0.471. The minimum atomic E-state index is 0.277. The minimum absolute atomic E-state index is 0.277. The van der Waals surface area contributed by atoms with Crippen LogP contribution in [0.3, 0.4) is 0 Å². The molecule has 1 aliphatic carbocycles. The fraction of sp³-hybridized carbons (Fsp3) is 0.333. The van der Waals surface area contributed by atoms with Crippen LogP contribution >= 0.6 is 15.9 Å². The Hall–Kier alpha value is -1.48. The van der Waals surface area contributed by atoms with Gasteiger partial charge in [-0.3, -0.25) is 0 Å². The summed E-state index contributed by atoms with van der Waals surface area (Å²) in [6, 6.07) is 10.3. The molecule has 3 rings (SSSR count). The number of halogens is 1. The fourth-order valence-electron chi connectivity index (χ4n) is 3.25. The van der Waals surface area contributed by atoms with Crippen molar-refractivity contribution in [2.24, 2.45) is 0 Å². The Kier molecular flexibility index (Phi) is 3.94. The Labute approximate surface area is 134 Å². The minimum Gasteiger partial charge on any atom is -0.508 e. The van der Waals surface area contributed by atoms with E-state index >= 15 is 0 Å². The quantitative estimate of drug-likeness (QED) is 0.777. The van der Waals surface area contributed by atoms with E-state index in [1.54, 1.807) is 6.07 Å². The van der Waals surface area contributed by atoms with Gasteiger partial charge in [-0.05, 0) is 79.6 Å². The molecular weight excluding hydrogens is 326 g/mol. The number of hydrogen-bond acceptors (Lipinski definition) is 2. The van der Waals surface area contributed by atoms with E-state index in [1.165, 1.54) is 34.4 Å². The molecule has 0 aliphatic heterocycles. The number of benzene rings is 2. The molecule has 0 radical (unpaired) electrons. The molecule has 0 fully saturated rings. The molecular formula is C18H20BrNO. The second-order valence-electron chi connectivity index (χ2n) is 5.89. The van der Waals surface area contributed by atoms with E-state index < -0.39 is 0 Å². The second-order valence-corrected chi connectivity index (χ2v) is 6.80. The van der Waals surface area contributed by atoms with E-state index in [0.29, 0.717) is 5.75 Å². The van der Waals surface area contributed by atoms with Gasteiger partial charge in [0.15, 0.2) is 0 Å². The van der Waals surface area contributed by atoms with Gasteiger partial charge in [-0.1, -0.05) is 22.0 Å². The van der Waals surface area contributed by atoms with Crippen LogP contribution < -0.4 is 5.32 Å². The van der Waals surface area contributed by atoms with Gasteiger partial charge in [0.2, 0.25) is 0 Å². The zero-order valence-electron chi connectivity index (χ0n) is 12.4. The van der Waals surface area contributed by atoms with Gasteiger partial charge in [0.1, 0.15) is 5.75 Å². The van der Waals surface area contributed by atoms with Crippen molar-refractivity contribution in [3.8, 4) is 5.75 Å². The van der Waals surface area contributed by atoms with Crippen molar-refractivity contribution < 1.29 is 5.11 Å². The number of fused-ring (bicyclic) bond motifs is 1. The third-order valence-electron chi connectivity index (χ3n) is 4.26. The van der Waals surface area contributed by atoms with Gasteiger partial charge in [-0.25, -0.2) is 0 Å². The lowest BCUT2D eigenvalue weighted by atomic mass is 9.87. The van der Waals surface area contributed by atoms with Crippen LogP contribution in [0, 0.1) is 13.8 Å². The predicted molar refractivity (Wildman–Crippen MR) is 91.0 cm³/mol. The largest absolute Gasteiger partial charge is 0.508 e. The van der Waals surface area contributed by atoms with E-state index in [2.05, 4.69) is 53.3 Å². The normalized spacial score (nSPS) is 17.4. The first kappa shape index (κ1) is 14.5. The van der Waals surface area contributed by atoms with Crippen LogP contribution in [0.4, 0.5) is 5.69 Å². The molecule has 0 saturated carbocycles. The van der Waals surface area contributed by atoms with Gasteiger partial charge in [-0.15, -0.1) is 0 Å². The Balaban J connectivity index is 1.96. The van der Waals surface area contributed by atoms with Gasteiger partial charge in [0.05, 0.1) is 6.04 Å². The number of phenols is 1. The van der Waals surface area contributed by atoms with Crippen molar-refractivity contribution in [1.82, 2.24) is 0 Å². The fourth-order valence-corrected chi connectivity index (χ4v) is 3.94. The molecule has 2 aromatic carbocycles. The SMILES string of the molecule is Cc1cc(Br)cc(C)c1NC1CCCc2ccc(O)cc21. The van der Waals surface area contributed by atoms with Gasteiger partial charge >= 0.3 is 0 Å². The number of aryl methyl sites for hydroxylation is 3. The lowest BCUT2D eigenvalue weighted by Crippen LogP contribution is -2.18. The van der Waals surface area contributed by atoms with E-state index in [4.69, 9.17) is 0 Å². The molecule has 110 valence electrons. The van der Waals surface area contributed by atoms with Crippen molar-refractivity contribution >= 4 is 21.6 Å². The molecule has 1 atom stereocenters. The highest BCUT2D eigenvalue weighted by Crippen LogP contribution is 2.36. The summed E-state index contributed by atoms with van der Waals surface area (Å²) in [7, 11) is 0. The average Bonchev–Trinajstić information content (AvgIpc) is 2.43. The summed E-state index contributed by atoms with van der Waals surface area (Å²) in [5, 5.41) is 13.5. The first-order valence-corrected chi connectivity index (χ1v) is 8.19. The number of nitrogens with one attached hydrogen (secondary N) is 1. The number of rotatable bonds is 2. The molecule has 0 bridgehead atoms. The maximum absolute atomic E-state index is 9.78. The number of hydrogen-bond donors (Lipinski definition) is 2. The first-order valence-electron chi connectivity index (χ1n) is 7.39. The number of aromatic hydroxyl groups is 1. The van der Waals surface area contributed by atoms with Crippen LogP contribution in [0.5, 0.6) is 5.75 Å². The van der Waals surface area contributed by atoms with Crippen molar-refractivity contribution in [3.05, 3.63) is 57.1 Å². The maximum Gasteiger partial charge on any atom is 0.115 e. The van der Waals surface area contributed by atoms with Gasteiger partial charge in [0.25, 0.3) is 0 Å². The Morgan fingerprint density at radius 3 is 2.57 bits per heavy atom. The second kappa shape index (κ2) is 5.72. The van der Waals surface area contributed by atoms with Gasteiger partial charge in [-0.2, -0.15) is 0 Å². The van der Waals surface area contributed by atoms with Crippen molar-refractivity contribution in [2.45, 2.75) is 39.2 Å². The smallest absolute Gasteiger partial charge is 0.115 e. The van der Waals surface area contributed by atoms with Crippen LogP contribution in [0.2, 0.25) is 0 Å². The van der Waals surface area contributed by atoms with Crippen LogP contribution in [0.25, 0.3) is 0 Å². The molecule has 2 nitrogen and oxygen atoms in total. The predicted octanol–water partition coefficient (Wildman–Crippen LogP) is 5.26. The molecule has 0 aromatic heterocycles. The Bertz CT molecular complexity index is 658. The zero-order valence-corrected chi connectivity index (χ0v) is 14.0. The molecule has 2 aromatic rings. The van der Waals surface area contributed by atoms with Crippen molar-refractivity contribution in [2.75, 3.05) is 5.32 Å². The van der Waals surface area contributed by atoms with Crippen molar-refractivity contribution in [3.63, 3.8) is 0 Å². The van der Waals surface area contributed by atoms with E-state index in [0.717, 1.165) is 17.3 Å². The molecule has 2 N–H and O–H groups in total. The summed E-state index contributed by atoms with van der Waals surface area (Å²) in [6.07, 6.45) is 3.39. The standard InChI is InChI=1S/C18H20BrNO/c1-11-8-14(19)9-12(2)18(11)20-17-5-3-4-13-6-7-15(21)10-16(13)17/h6-10,17,20-21H,3-5H2,1-2H3. The Morgan fingerprint density at radius 1 is 1.14 bits per heavy atom. The maximum atomic E-state index is 9.78. The highest BCUT2D eigenvalue weighted by Gasteiger charge is 2.21. The topological polar surface area (TPSA) is 32.3 Å². The summed E-state index contributed by atoms with van der Waals surface area (Å²) >= 11 is 3.55. The summed E-state index contributed by atoms with van der Waals surface area (Å²) in [5.41, 5.74) is 6.29. The number of anilines is 1. The molecule has 0 spiro atoms. The van der Waals surface area contributed by atoms with Gasteiger partial charge < -0.3 is 10.4 Å². The average molecular weight is 346 g/mol. The third-order valence-corrected chi connectivity index (χ3v) is 4.72. The molecule has 0 saturated heterocycles. The summed E-state index contributed by atoms with van der Waals surface area (Å²) in [5.74, 6) is 0.353. The lowest BCUT2D eigenvalue weighted by Gasteiger charge is -2.29. The third kappa shape index (κ3) is 2.93. The van der Waals surface area contributed by atoms with E-state index in [9.17, 15) is 5.11 Å². The van der Waals surface area contributed by atoms with Crippen LogP contribution in [-0.4, -0.2) is 5.11 Å². The Morgan fingerprint density at radius 2 is 1.86 bits per heavy atom. The summed E-state index contributed by atoms with van der Waals surface area (Å²) < 4.78 is 1.12. The molecule has 0 heterocycles. The summed E-state index contributed by atoms with van der Waals surface area (Å²) in [6.45, 7) is 4.26. The highest BCUT2D eigenvalue weighted by atomic mass is 79.9. The zero-order chi connectivity index (χ0) is 15.0. The van der Waals surface area contributed by atoms with Crippen LogP contribution in [0.1, 0.15) is 41.1 Å². The van der Waals surface area contributed by atoms with E-state index in [-0.39, 0.29) is 6.04 Å². The van der Waals surface area contributed by atoms with Crippen LogP contribution in [-0.2, 0) is 6.42 Å². The van der Waals surface area contributed by atoms with Crippen LogP contribution in [0.15, 0.2) is 34.8 Å². The first-order chi connectivity index (χ1) is 10.0. The highest BCUT2D eigenvalue weighted by molar-refractivity contribution is 9.10. The van der Waals surface area contributed by atoms with E-state index in [1.807, 2.05) is 6.07 Å². The molecule has 0 amide bonds. The molecule has 1 aliphatic rings. The molecule has 21 heavy (non-hydrogen) atoms. The monoisotopic (exact) mass is 345 g/mol. The summed E-state index contributed by atoms with van der Waals surface area (Å²) in [4.78, 5) is 0. The molecule has 1 unspecified atom stereocenters.